The quantitative estimate of drug-likeness (QED) is 0.365. The van der Waals surface area contributed by atoms with E-state index in [-0.39, 0.29) is 16.1 Å². The lowest BCUT2D eigenvalue weighted by Gasteiger charge is -2.11. The number of fused-ring (bicyclic) bond motifs is 1. The number of aromatic nitrogens is 4. The third kappa shape index (κ3) is 5.02. The molecule has 35 heavy (non-hydrogen) atoms. The van der Waals surface area contributed by atoms with E-state index < -0.39 is 17.2 Å². The van der Waals surface area contributed by atoms with Crippen molar-refractivity contribution < 1.29 is 9.53 Å². The zero-order valence-electron chi connectivity index (χ0n) is 19.1. The van der Waals surface area contributed by atoms with Crippen LogP contribution in [0.5, 0.6) is 0 Å². The highest BCUT2D eigenvalue weighted by molar-refractivity contribution is 6.37. The van der Waals surface area contributed by atoms with Gasteiger partial charge in [-0.05, 0) is 36.8 Å². The maximum atomic E-state index is 12.8. The van der Waals surface area contributed by atoms with Crippen molar-refractivity contribution in [1.82, 2.24) is 19.1 Å². The Balaban J connectivity index is 1.80. The summed E-state index contributed by atoms with van der Waals surface area (Å²) in [7, 11) is 1.56. The summed E-state index contributed by atoms with van der Waals surface area (Å²) < 4.78 is 8.41. The maximum absolute atomic E-state index is 12.8. The van der Waals surface area contributed by atoms with Gasteiger partial charge < -0.3 is 14.6 Å². The Kier molecular flexibility index (Phi) is 7.39. The standard InChI is InChI=1S/C24H23Cl2N5O4/c1-3-9-31-21-19(23(33)29-24(31)34)30(10-11-35-2)20(28-21)14-5-4-6-16(12-14)27-22(32)17-8-7-15(25)13-18(17)26/h4-8,12-13H,3,9-11H2,1-2H3,(H,27,32)(H,29,33,34). The number of carbonyl (C=O) groups is 1. The number of methoxy groups -OCH3 is 1. The molecule has 0 aliphatic heterocycles. The monoisotopic (exact) mass is 515 g/mol. The third-order valence-electron chi connectivity index (χ3n) is 5.41. The van der Waals surface area contributed by atoms with Crippen molar-refractivity contribution in [2.75, 3.05) is 19.0 Å². The minimum Gasteiger partial charge on any atom is -0.383 e. The number of rotatable bonds is 8. The van der Waals surface area contributed by atoms with E-state index in [0.717, 1.165) is 0 Å². The number of aryl methyl sites for hydroxylation is 1. The molecule has 11 heteroatoms. The highest BCUT2D eigenvalue weighted by atomic mass is 35.5. The van der Waals surface area contributed by atoms with E-state index in [9.17, 15) is 14.4 Å². The fraction of sp³-hybridized carbons (Fsp3) is 0.250. The molecule has 0 saturated carbocycles. The number of benzene rings is 2. The molecule has 4 rings (SSSR count). The minimum atomic E-state index is -0.519. The SMILES string of the molecule is CCCn1c(=O)[nH]c(=O)c2c1nc(-c1cccc(NC(=O)c3ccc(Cl)cc3Cl)c1)n2CCOC. The lowest BCUT2D eigenvalue weighted by Crippen LogP contribution is -2.31. The van der Waals surface area contributed by atoms with Crippen molar-refractivity contribution in [1.29, 1.82) is 0 Å². The van der Waals surface area contributed by atoms with Gasteiger partial charge in [0.15, 0.2) is 11.2 Å². The Morgan fingerprint density at radius 2 is 1.91 bits per heavy atom. The summed E-state index contributed by atoms with van der Waals surface area (Å²) >= 11 is 12.1. The number of hydrogen-bond donors (Lipinski definition) is 2. The molecule has 0 aliphatic carbocycles. The van der Waals surface area contributed by atoms with Gasteiger partial charge in [0.05, 0.1) is 17.2 Å². The zero-order chi connectivity index (χ0) is 25.1. The summed E-state index contributed by atoms with van der Waals surface area (Å²) in [6.07, 6.45) is 0.691. The molecule has 0 atom stereocenters. The molecule has 4 aromatic rings. The number of amides is 1. The molecular formula is C24H23Cl2N5O4. The lowest BCUT2D eigenvalue weighted by molar-refractivity contribution is 0.102. The fourth-order valence-corrected chi connectivity index (χ4v) is 4.33. The number of halogens is 2. The van der Waals surface area contributed by atoms with Gasteiger partial charge in [0.25, 0.3) is 11.5 Å². The molecule has 0 bridgehead atoms. The highest BCUT2D eigenvalue weighted by Crippen LogP contribution is 2.27. The average Bonchev–Trinajstić information content (AvgIpc) is 3.20. The summed E-state index contributed by atoms with van der Waals surface area (Å²) in [5.74, 6) is 0.0727. The van der Waals surface area contributed by atoms with Gasteiger partial charge in [-0.15, -0.1) is 0 Å². The van der Waals surface area contributed by atoms with E-state index >= 15 is 0 Å². The van der Waals surface area contributed by atoms with Crippen molar-refractivity contribution in [2.45, 2.75) is 26.4 Å². The average molecular weight is 516 g/mol. The van der Waals surface area contributed by atoms with Gasteiger partial charge in [-0.2, -0.15) is 0 Å². The number of imidazole rings is 1. The van der Waals surface area contributed by atoms with Crippen LogP contribution in [0.1, 0.15) is 23.7 Å². The summed E-state index contributed by atoms with van der Waals surface area (Å²) in [4.78, 5) is 45.0. The number of ether oxygens (including phenoxy) is 1. The second kappa shape index (κ2) is 10.5. The number of hydrogen-bond acceptors (Lipinski definition) is 5. The molecule has 0 saturated heterocycles. The van der Waals surface area contributed by atoms with Crippen LogP contribution in [0.25, 0.3) is 22.6 Å². The van der Waals surface area contributed by atoms with Gasteiger partial charge in [-0.3, -0.25) is 19.1 Å². The normalized spacial score (nSPS) is 11.2. The first-order valence-corrected chi connectivity index (χ1v) is 11.7. The van der Waals surface area contributed by atoms with Crippen LogP contribution in [0.4, 0.5) is 5.69 Å². The predicted molar refractivity (Wildman–Crippen MR) is 137 cm³/mol. The van der Waals surface area contributed by atoms with E-state index in [1.165, 1.54) is 10.6 Å². The minimum absolute atomic E-state index is 0.237. The number of anilines is 1. The van der Waals surface area contributed by atoms with Crippen LogP contribution in [0, 0.1) is 0 Å². The molecular weight excluding hydrogens is 493 g/mol. The van der Waals surface area contributed by atoms with Crippen molar-refractivity contribution in [2.24, 2.45) is 0 Å². The second-order valence-electron chi connectivity index (χ2n) is 7.82. The number of nitrogens with zero attached hydrogens (tertiary/aromatic N) is 3. The first-order chi connectivity index (χ1) is 16.8. The Morgan fingerprint density at radius 3 is 2.63 bits per heavy atom. The Bertz CT molecular complexity index is 1520. The van der Waals surface area contributed by atoms with Crippen molar-refractivity contribution in [3.8, 4) is 11.4 Å². The van der Waals surface area contributed by atoms with Crippen LogP contribution in [0.2, 0.25) is 10.0 Å². The van der Waals surface area contributed by atoms with Gasteiger partial charge >= 0.3 is 5.69 Å². The highest BCUT2D eigenvalue weighted by Gasteiger charge is 2.20. The second-order valence-corrected chi connectivity index (χ2v) is 8.67. The summed E-state index contributed by atoms with van der Waals surface area (Å²) in [5.41, 5.74) is 0.989. The first kappa shape index (κ1) is 24.7. The van der Waals surface area contributed by atoms with Crippen LogP contribution < -0.4 is 16.6 Å². The summed E-state index contributed by atoms with van der Waals surface area (Å²) in [5, 5.41) is 3.49. The molecule has 2 heterocycles. The van der Waals surface area contributed by atoms with Crippen LogP contribution >= 0.6 is 23.2 Å². The molecule has 2 aromatic carbocycles. The van der Waals surface area contributed by atoms with Gasteiger partial charge in [-0.25, -0.2) is 9.78 Å². The Morgan fingerprint density at radius 1 is 1.11 bits per heavy atom. The molecule has 182 valence electrons. The molecule has 0 fully saturated rings. The van der Waals surface area contributed by atoms with Crippen LogP contribution in [0.15, 0.2) is 52.1 Å². The van der Waals surface area contributed by atoms with Gasteiger partial charge in [0.1, 0.15) is 5.82 Å². The van der Waals surface area contributed by atoms with Gasteiger partial charge in [-0.1, -0.05) is 42.3 Å². The zero-order valence-corrected chi connectivity index (χ0v) is 20.6. The van der Waals surface area contributed by atoms with Crippen LogP contribution in [-0.4, -0.2) is 38.7 Å². The maximum Gasteiger partial charge on any atom is 0.330 e. The first-order valence-electron chi connectivity index (χ1n) is 10.9. The van der Waals surface area contributed by atoms with Crippen LogP contribution in [0.3, 0.4) is 0 Å². The van der Waals surface area contributed by atoms with E-state index in [2.05, 4.69) is 15.3 Å². The predicted octanol–water partition coefficient (Wildman–Crippen LogP) is 4.17. The molecule has 0 aliphatic rings. The molecule has 1 amide bonds. The van der Waals surface area contributed by atoms with Crippen molar-refractivity contribution >= 4 is 46.0 Å². The molecule has 9 nitrogen and oxygen atoms in total. The number of H-pyrrole nitrogens is 1. The lowest BCUT2D eigenvalue weighted by atomic mass is 10.1. The topological polar surface area (TPSA) is 111 Å². The van der Waals surface area contributed by atoms with Gasteiger partial charge in [0, 0.05) is 36.5 Å². The van der Waals surface area contributed by atoms with E-state index in [1.807, 2.05) is 13.0 Å². The Labute approximate surface area is 210 Å². The van der Waals surface area contributed by atoms with E-state index in [4.69, 9.17) is 27.9 Å². The molecule has 2 N–H and O–H groups in total. The number of nitrogens with one attached hydrogen (secondary N) is 2. The van der Waals surface area contributed by atoms with Crippen molar-refractivity contribution in [3.63, 3.8) is 0 Å². The third-order valence-corrected chi connectivity index (χ3v) is 5.95. The smallest absolute Gasteiger partial charge is 0.330 e. The number of carbonyl (C=O) groups excluding carboxylic acids is 1. The van der Waals surface area contributed by atoms with E-state index in [0.29, 0.717) is 53.9 Å². The Hall–Kier alpha value is -3.40. The van der Waals surface area contributed by atoms with Gasteiger partial charge in [0.2, 0.25) is 0 Å². The van der Waals surface area contributed by atoms with E-state index in [1.54, 1.807) is 42.0 Å². The van der Waals surface area contributed by atoms with Crippen LogP contribution in [-0.2, 0) is 17.8 Å². The fourth-order valence-electron chi connectivity index (χ4n) is 3.83. The molecule has 0 unspecified atom stereocenters. The summed E-state index contributed by atoms with van der Waals surface area (Å²) in [6.45, 7) is 3.01. The van der Waals surface area contributed by atoms with Crippen molar-refractivity contribution in [3.05, 3.63) is 78.9 Å². The molecule has 2 aromatic heterocycles. The molecule has 0 spiro atoms. The summed E-state index contributed by atoms with van der Waals surface area (Å²) in [6, 6.07) is 11.7. The largest absolute Gasteiger partial charge is 0.383 e. The molecule has 0 radical (unpaired) electrons. The number of aromatic amines is 1.